The maximum absolute atomic E-state index is 12.1. The molecule has 0 heterocycles. The minimum atomic E-state index is -4.29. The van der Waals surface area contributed by atoms with Gasteiger partial charge in [-0.3, -0.25) is 0 Å². The van der Waals surface area contributed by atoms with Crippen LogP contribution in [0.4, 0.5) is 13.2 Å². The zero-order valence-electron chi connectivity index (χ0n) is 9.63. The van der Waals surface area contributed by atoms with Crippen molar-refractivity contribution in [3.05, 3.63) is 29.8 Å². The lowest BCUT2D eigenvalue weighted by Gasteiger charge is -2.15. The van der Waals surface area contributed by atoms with E-state index in [0.29, 0.717) is 12.8 Å². The molecule has 0 aromatic heterocycles. The number of benzene rings is 1. The Kier molecular flexibility index (Phi) is 4.81. The average molecular weight is 247 g/mol. The van der Waals surface area contributed by atoms with Gasteiger partial charge >= 0.3 is 6.18 Å². The Labute approximate surface area is 98.6 Å². The molecule has 0 aliphatic heterocycles. The molecule has 0 aliphatic carbocycles. The van der Waals surface area contributed by atoms with Crippen LogP contribution in [0.1, 0.15) is 18.4 Å². The topological polar surface area (TPSA) is 35.2 Å². The van der Waals surface area contributed by atoms with Crippen molar-refractivity contribution < 1.29 is 17.9 Å². The third-order valence-electron chi connectivity index (χ3n) is 2.56. The molecule has 2 nitrogen and oxygen atoms in total. The Morgan fingerprint density at radius 3 is 2.29 bits per heavy atom. The van der Waals surface area contributed by atoms with Gasteiger partial charge in [0.05, 0.1) is 7.11 Å². The van der Waals surface area contributed by atoms with Gasteiger partial charge in [-0.1, -0.05) is 12.1 Å². The van der Waals surface area contributed by atoms with Crippen LogP contribution in [0.5, 0.6) is 5.75 Å². The van der Waals surface area contributed by atoms with Crippen molar-refractivity contribution >= 4 is 0 Å². The lowest BCUT2D eigenvalue weighted by atomic mass is 10.0. The number of hydrogen-bond donors (Lipinski definition) is 1. The molecule has 1 rings (SSSR count). The molecule has 0 radical (unpaired) electrons. The lowest BCUT2D eigenvalue weighted by Crippen LogP contribution is -2.37. The summed E-state index contributed by atoms with van der Waals surface area (Å²) >= 11 is 0. The molecule has 0 aliphatic rings. The summed E-state index contributed by atoms with van der Waals surface area (Å²) in [7, 11) is 1.57. The SMILES string of the molecule is COc1ccc(CCCC(N)C(F)(F)F)cc1. The van der Waals surface area contributed by atoms with Gasteiger partial charge in [0.15, 0.2) is 0 Å². The Morgan fingerprint density at radius 1 is 1.24 bits per heavy atom. The summed E-state index contributed by atoms with van der Waals surface area (Å²) in [5.74, 6) is 0.737. The summed E-state index contributed by atoms with van der Waals surface area (Å²) in [6, 6.07) is 5.55. The molecule has 96 valence electrons. The number of alkyl halides is 3. The van der Waals surface area contributed by atoms with Gasteiger partial charge in [-0.05, 0) is 37.0 Å². The van der Waals surface area contributed by atoms with Crippen LogP contribution in [0, 0.1) is 0 Å². The Bertz CT molecular complexity index is 335. The van der Waals surface area contributed by atoms with Gasteiger partial charge in [-0.25, -0.2) is 0 Å². The number of halogens is 3. The molecule has 0 saturated heterocycles. The van der Waals surface area contributed by atoms with Crippen molar-refractivity contribution in [1.29, 1.82) is 0 Å². The third kappa shape index (κ3) is 4.65. The zero-order chi connectivity index (χ0) is 12.9. The van der Waals surface area contributed by atoms with Crippen molar-refractivity contribution in [2.24, 2.45) is 5.73 Å². The number of aryl methyl sites for hydroxylation is 1. The summed E-state index contributed by atoms with van der Waals surface area (Å²) in [5, 5.41) is 0. The normalized spacial score (nSPS) is 13.5. The first kappa shape index (κ1) is 13.8. The Morgan fingerprint density at radius 2 is 1.82 bits per heavy atom. The van der Waals surface area contributed by atoms with Gasteiger partial charge in [0.2, 0.25) is 0 Å². The van der Waals surface area contributed by atoms with Gasteiger partial charge < -0.3 is 10.5 Å². The Balaban J connectivity index is 2.35. The third-order valence-corrected chi connectivity index (χ3v) is 2.56. The van der Waals surface area contributed by atoms with Crippen LogP contribution in [0.3, 0.4) is 0 Å². The van der Waals surface area contributed by atoms with Gasteiger partial charge in [-0.2, -0.15) is 13.2 Å². The van der Waals surface area contributed by atoms with Gasteiger partial charge in [0, 0.05) is 0 Å². The number of nitrogens with two attached hydrogens (primary N) is 1. The maximum Gasteiger partial charge on any atom is 0.403 e. The van der Waals surface area contributed by atoms with E-state index in [9.17, 15) is 13.2 Å². The van der Waals surface area contributed by atoms with Gasteiger partial charge in [0.25, 0.3) is 0 Å². The highest BCUT2D eigenvalue weighted by Crippen LogP contribution is 2.22. The molecule has 1 aromatic rings. The fourth-order valence-corrected chi connectivity index (χ4v) is 1.48. The first-order valence-electron chi connectivity index (χ1n) is 5.38. The van der Waals surface area contributed by atoms with Gasteiger partial charge in [0.1, 0.15) is 11.8 Å². The fraction of sp³-hybridized carbons (Fsp3) is 0.500. The van der Waals surface area contributed by atoms with Crippen LogP contribution in [0.15, 0.2) is 24.3 Å². The van der Waals surface area contributed by atoms with E-state index in [4.69, 9.17) is 10.5 Å². The highest BCUT2D eigenvalue weighted by molar-refractivity contribution is 5.27. The van der Waals surface area contributed by atoms with Crippen molar-refractivity contribution in [1.82, 2.24) is 0 Å². The fourth-order valence-electron chi connectivity index (χ4n) is 1.48. The molecule has 1 atom stereocenters. The van der Waals surface area contributed by atoms with Crippen LogP contribution >= 0.6 is 0 Å². The molecule has 0 bridgehead atoms. The molecule has 0 fully saturated rings. The largest absolute Gasteiger partial charge is 0.497 e. The number of methoxy groups -OCH3 is 1. The van der Waals surface area contributed by atoms with E-state index in [1.807, 2.05) is 12.1 Å². The van der Waals surface area contributed by atoms with E-state index in [2.05, 4.69) is 0 Å². The van der Waals surface area contributed by atoms with Crippen LogP contribution in [-0.2, 0) is 6.42 Å². The number of rotatable bonds is 5. The molecule has 0 spiro atoms. The highest BCUT2D eigenvalue weighted by Gasteiger charge is 2.35. The summed E-state index contributed by atoms with van der Waals surface area (Å²) in [4.78, 5) is 0. The van der Waals surface area contributed by atoms with Crippen molar-refractivity contribution in [3.8, 4) is 5.75 Å². The smallest absolute Gasteiger partial charge is 0.403 e. The molecular formula is C12H16F3NO. The summed E-state index contributed by atoms with van der Waals surface area (Å²) < 4.78 is 41.4. The second-order valence-electron chi connectivity index (χ2n) is 3.89. The predicted octanol–water partition coefficient (Wildman–Crippen LogP) is 2.91. The van der Waals surface area contributed by atoms with Crippen molar-refractivity contribution in [2.45, 2.75) is 31.5 Å². The summed E-state index contributed by atoms with van der Waals surface area (Å²) in [6.07, 6.45) is -3.32. The minimum absolute atomic E-state index is 0.0461. The van der Waals surface area contributed by atoms with E-state index >= 15 is 0 Å². The quantitative estimate of drug-likeness (QED) is 0.868. The van der Waals surface area contributed by atoms with Crippen LogP contribution < -0.4 is 10.5 Å². The molecule has 2 N–H and O–H groups in total. The Hall–Kier alpha value is -1.23. The number of hydrogen-bond acceptors (Lipinski definition) is 2. The summed E-state index contributed by atoms with van der Waals surface area (Å²) in [5.41, 5.74) is 6.00. The average Bonchev–Trinajstić information content (AvgIpc) is 2.28. The molecule has 0 saturated carbocycles. The standard InChI is InChI=1S/C12H16F3NO/c1-17-10-7-5-9(6-8-10)3-2-4-11(16)12(13,14)15/h5-8,11H,2-4,16H2,1H3. The zero-order valence-corrected chi connectivity index (χ0v) is 9.63. The second kappa shape index (κ2) is 5.91. The van der Waals surface area contributed by atoms with Crippen LogP contribution in [0.2, 0.25) is 0 Å². The lowest BCUT2D eigenvalue weighted by molar-refractivity contribution is -0.149. The predicted molar refractivity (Wildman–Crippen MR) is 60.0 cm³/mol. The highest BCUT2D eigenvalue weighted by atomic mass is 19.4. The molecule has 17 heavy (non-hydrogen) atoms. The van der Waals surface area contributed by atoms with E-state index in [0.717, 1.165) is 11.3 Å². The van der Waals surface area contributed by atoms with Crippen LogP contribution in [0.25, 0.3) is 0 Å². The monoisotopic (exact) mass is 247 g/mol. The maximum atomic E-state index is 12.1. The molecule has 5 heteroatoms. The van der Waals surface area contributed by atoms with Crippen molar-refractivity contribution in [3.63, 3.8) is 0 Å². The van der Waals surface area contributed by atoms with E-state index in [1.165, 1.54) is 0 Å². The molecule has 1 unspecified atom stereocenters. The first-order chi connectivity index (χ1) is 7.93. The van der Waals surface area contributed by atoms with Crippen molar-refractivity contribution in [2.75, 3.05) is 7.11 Å². The first-order valence-corrected chi connectivity index (χ1v) is 5.38. The van der Waals surface area contributed by atoms with E-state index in [-0.39, 0.29) is 6.42 Å². The van der Waals surface area contributed by atoms with Crippen LogP contribution in [-0.4, -0.2) is 19.3 Å². The second-order valence-corrected chi connectivity index (χ2v) is 3.89. The summed E-state index contributed by atoms with van der Waals surface area (Å²) in [6.45, 7) is 0. The molecule has 0 amide bonds. The number of ether oxygens (including phenoxy) is 1. The minimum Gasteiger partial charge on any atom is -0.497 e. The van der Waals surface area contributed by atoms with E-state index < -0.39 is 12.2 Å². The molecule has 1 aromatic carbocycles. The molecular weight excluding hydrogens is 231 g/mol. The van der Waals surface area contributed by atoms with E-state index in [1.54, 1.807) is 19.2 Å². The van der Waals surface area contributed by atoms with Gasteiger partial charge in [-0.15, -0.1) is 0 Å².